The normalized spacial score (nSPS) is 34.4. The van der Waals surface area contributed by atoms with Crippen LogP contribution in [0, 0.1) is 0 Å². The molecule has 0 aromatic rings. The maximum atomic E-state index is 6.04. The van der Waals surface area contributed by atoms with Gasteiger partial charge in [-0.1, -0.05) is 12.2 Å². The highest BCUT2D eigenvalue weighted by Crippen LogP contribution is 2.32. The smallest absolute Gasteiger partial charge is 0.0331 e. The van der Waals surface area contributed by atoms with Crippen molar-refractivity contribution in [1.82, 2.24) is 10.2 Å². The number of rotatable bonds is 5. The van der Waals surface area contributed by atoms with E-state index in [1.165, 1.54) is 38.8 Å². The SMILES string of the molecule is C/C=C/CCNC1(CN)CCN2CCCC2C1. The van der Waals surface area contributed by atoms with Crippen LogP contribution in [0.25, 0.3) is 0 Å². The molecule has 0 aromatic heterocycles. The maximum Gasteiger partial charge on any atom is 0.0331 e. The summed E-state index contributed by atoms with van der Waals surface area (Å²) in [4.78, 5) is 2.65. The lowest BCUT2D eigenvalue weighted by molar-refractivity contribution is 0.111. The molecule has 0 radical (unpaired) electrons. The maximum absolute atomic E-state index is 6.04. The van der Waals surface area contributed by atoms with Gasteiger partial charge < -0.3 is 16.0 Å². The van der Waals surface area contributed by atoms with Gasteiger partial charge >= 0.3 is 0 Å². The molecule has 0 bridgehead atoms. The fourth-order valence-electron chi connectivity index (χ4n) is 3.34. The van der Waals surface area contributed by atoms with Crippen LogP contribution in [0.5, 0.6) is 0 Å². The van der Waals surface area contributed by atoms with E-state index in [4.69, 9.17) is 5.73 Å². The van der Waals surface area contributed by atoms with Gasteiger partial charge in [-0.25, -0.2) is 0 Å². The fourth-order valence-corrected chi connectivity index (χ4v) is 3.34. The summed E-state index contributed by atoms with van der Waals surface area (Å²) in [6.07, 6.45) is 10.7. The molecule has 2 fully saturated rings. The zero-order chi connectivity index (χ0) is 12.1. The summed E-state index contributed by atoms with van der Waals surface area (Å²) < 4.78 is 0. The van der Waals surface area contributed by atoms with Crippen LogP contribution in [0.2, 0.25) is 0 Å². The van der Waals surface area contributed by atoms with Crippen LogP contribution in [0.4, 0.5) is 0 Å². The quantitative estimate of drug-likeness (QED) is 0.562. The molecule has 3 heteroatoms. The van der Waals surface area contributed by atoms with Crippen molar-refractivity contribution in [2.45, 2.75) is 50.6 Å². The van der Waals surface area contributed by atoms with Crippen molar-refractivity contribution in [3.05, 3.63) is 12.2 Å². The third kappa shape index (κ3) is 3.09. The summed E-state index contributed by atoms with van der Waals surface area (Å²) in [7, 11) is 0. The number of hydrogen-bond acceptors (Lipinski definition) is 3. The minimum absolute atomic E-state index is 0.215. The minimum Gasteiger partial charge on any atom is -0.329 e. The van der Waals surface area contributed by atoms with E-state index >= 15 is 0 Å². The Morgan fingerprint density at radius 3 is 3.12 bits per heavy atom. The lowest BCUT2D eigenvalue weighted by Gasteiger charge is -2.44. The van der Waals surface area contributed by atoms with E-state index in [0.29, 0.717) is 0 Å². The molecule has 3 nitrogen and oxygen atoms in total. The first-order valence-corrected chi connectivity index (χ1v) is 7.10. The van der Waals surface area contributed by atoms with Gasteiger partial charge in [0.15, 0.2) is 0 Å². The first-order valence-electron chi connectivity index (χ1n) is 7.10. The monoisotopic (exact) mass is 237 g/mol. The van der Waals surface area contributed by atoms with Gasteiger partial charge in [0.1, 0.15) is 0 Å². The Bertz CT molecular complexity index is 264. The zero-order valence-corrected chi connectivity index (χ0v) is 11.1. The zero-order valence-electron chi connectivity index (χ0n) is 11.1. The summed E-state index contributed by atoms with van der Waals surface area (Å²) in [6, 6.07) is 0.793. The number of hydrogen-bond donors (Lipinski definition) is 2. The van der Waals surface area contributed by atoms with E-state index in [-0.39, 0.29) is 5.54 Å². The predicted molar refractivity (Wildman–Crippen MR) is 73.0 cm³/mol. The van der Waals surface area contributed by atoms with E-state index in [1.807, 2.05) is 0 Å². The molecule has 0 aromatic carbocycles. The van der Waals surface area contributed by atoms with Crippen molar-refractivity contribution in [3.8, 4) is 0 Å². The molecule has 0 aliphatic carbocycles. The summed E-state index contributed by atoms with van der Waals surface area (Å²) in [6.45, 7) is 6.47. The van der Waals surface area contributed by atoms with E-state index in [9.17, 15) is 0 Å². The van der Waals surface area contributed by atoms with Gasteiger partial charge in [-0.2, -0.15) is 0 Å². The van der Waals surface area contributed by atoms with Crippen molar-refractivity contribution in [1.29, 1.82) is 0 Å². The average Bonchev–Trinajstić information content (AvgIpc) is 2.82. The largest absolute Gasteiger partial charge is 0.329 e. The molecule has 0 amide bonds. The van der Waals surface area contributed by atoms with Gasteiger partial charge in [0, 0.05) is 24.7 Å². The second-order valence-electron chi connectivity index (χ2n) is 5.56. The van der Waals surface area contributed by atoms with Crippen LogP contribution in [0.15, 0.2) is 12.2 Å². The lowest BCUT2D eigenvalue weighted by atomic mass is 9.83. The van der Waals surface area contributed by atoms with Crippen LogP contribution in [-0.4, -0.2) is 42.7 Å². The number of fused-ring (bicyclic) bond motifs is 1. The second kappa shape index (κ2) is 5.98. The van der Waals surface area contributed by atoms with E-state index in [0.717, 1.165) is 25.6 Å². The molecule has 2 unspecified atom stereocenters. The molecule has 98 valence electrons. The highest BCUT2D eigenvalue weighted by Gasteiger charge is 2.39. The van der Waals surface area contributed by atoms with E-state index < -0.39 is 0 Å². The molecule has 17 heavy (non-hydrogen) atoms. The van der Waals surface area contributed by atoms with E-state index in [2.05, 4.69) is 29.3 Å². The van der Waals surface area contributed by atoms with E-state index in [1.54, 1.807) is 0 Å². The Balaban J connectivity index is 1.86. The topological polar surface area (TPSA) is 41.3 Å². The Morgan fingerprint density at radius 1 is 1.47 bits per heavy atom. The van der Waals surface area contributed by atoms with Gasteiger partial charge in [0.05, 0.1) is 0 Å². The fraction of sp³-hybridized carbons (Fsp3) is 0.857. The number of nitrogens with one attached hydrogen (secondary N) is 1. The van der Waals surface area contributed by atoms with Crippen LogP contribution >= 0.6 is 0 Å². The first kappa shape index (κ1) is 13.1. The second-order valence-corrected chi connectivity index (χ2v) is 5.56. The third-order valence-electron chi connectivity index (χ3n) is 4.44. The molecule has 2 aliphatic heterocycles. The summed E-state index contributed by atoms with van der Waals surface area (Å²) in [5.41, 5.74) is 6.25. The average molecular weight is 237 g/mol. The molecular weight excluding hydrogens is 210 g/mol. The summed E-state index contributed by atoms with van der Waals surface area (Å²) >= 11 is 0. The summed E-state index contributed by atoms with van der Waals surface area (Å²) in [5, 5.41) is 3.73. The van der Waals surface area contributed by atoms with Crippen molar-refractivity contribution in [2.75, 3.05) is 26.2 Å². The molecule has 2 aliphatic rings. The molecule has 0 saturated carbocycles. The Morgan fingerprint density at radius 2 is 2.35 bits per heavy atom. The number of nitrogens with zero attached hydrogens (tertiary/aromatic N) is 1. The van der Waals surface area contributed by atoms with Crippen LogP contribution in [0.1, 0.15) is 39.0 Å². The number of nitrogens with two attached hydrogens (primary N) is 1. The van der Waals surface area contributed by atoms with Gasteiger partial charge in [0.25, 0.3) is 0 Å². The van der Waals surface area contributed by atoms with Gasteiger partial charge in [0.2, 0.25) is 0 Å². The molecule has 2 atom stereocenters. The Labute approximate surface area is 105 Å². The van der Waals surface area contributed by atoms with Crippen LogP contribution in [0.3, 0.4) is 0 Å². The van der Waals surface area contributed by atoms with Gasteiger partial charge in [-0.15, -0.1) is 0 Å². The van der Waals surface area contributed by atoms with Crippen molar-refractivity contribution in [3.63, 3.8) is 0 Å². The highest BCUT2D eigenvalue weighted by atomic mass is 15.2. The molecule has 2 saturated heterocycles. The number of piperidine rings is 1. The first-order chi connectivity index (χ1) is 8.29. The molecular formula is C14H27N3. The standard InChI is InChI=1S/C14H27N3/c1-2-3-4-8-16-14(12-15)7-10-17-9-5-6-13(17)11-14/h2-3,13,16H,4-12,15H2,1H3/b3-2+. The minimum atomic E-state index is 0.215. The van der Waals surface area contributed by atoms with Crippen molar-refractivity contribution in [2.24, 2.45) is 5.73 Å². The third-order valence-corrected chi connectivity index (χ3v) is 4.44. The van der Waals surface area contributed by atoms with Crippen molar-refractivity contribution >= 4 is 0 Å². The Kier molecular flexibility index (Phi) is 4.60. The summed E-state index contributed by atoms with van der Waals surface area (Å²) in [5.74, 6) is 0. The predicted octanol–water partition coefficient (Wildman–Crippen LogP) is 1.50. The highest BCUT2D eigenvalue weighted by molar-refractivity contribution is 5.00. The lowest BCUT2D eigenvalue weighted by Crippen LogP contribution is -2.59. The number of allylic oxidation sites excluding steroid dienone is 1. The van der Waals surface area contributed by atoms with Crippen LogP contribution < -0.4 is 11.1 Å². The van der Waals surface area contributed by atoms with Gasteiger partial charge in [-0.05, 0) is 52.1 Å². The molecule has 2 rings (SSSR count). The van der Waals surface area contributed by atoms with Crippen LogP contribution in [-0.2, 0) is 0 Å². The molecule has 0 spiro atoms. The molecule has 3 N–H and O–H groups in total. The molecule has 2 heterocycles. The van der Waals surface area contributed by atoms with Gasteiger partial charge in [-0.3, -0.25) is 0 Å². The Hall–Kier alpha value is -0.380. The van der Waals surface area contributed by atoms with Crippen molar-refractivity contribution < 1.29 is 0 Å².